The van der Waals surface area contributed by atoms with E-state index in [0.717, 1.165) is 13.0 Å². The van der Waals surface area contributed by atoms with Crippen LogP contribution in [0.25, 0.3) is 5.57 Å². The average molecular weight is 347 g/mol. The fourth-order valence-electron chi connectivity index (χ4n) is 4.69. The number of fused-ring (bicyclic) bond motifs is 2. The fourth-order valence-corrected chi connectivity index (χ4v) is 4.69. The number of hydrogen-bond donors (Lipinski definition) is 0. The van der Waals surface area contributed by atoms with Crippen molar-refractivity contribution in [1.82, 2.24) is 4.90 Å². The summed E-state index contributed by atoms with van der Waals surface area (Å²) in [4.78, 5) is 2.68. The molecular weight excluding hydrogens is 322 g/mol. The largest absolute Gasteiger partial charge is 0.346 e. The Morgan fingerprint density at radius 2 is 1.65 bits per heavy atom. The first kappa shape index (κ1) is 16.2. The van der Waals surface area contributed by atoms with Gasteiger partial charge in [-0.2, -0.15) is 0 Å². The van der Waals surface area contributed by atoms with Crippen LogP contribution in [0.2, 0.25) is 0 Å². The Morgan fingerprint density at radius 3 is 2.46 bits per heavy atom. The van der Waals surface area contributed by atoms with Gasteiger partial charge in [0, 0.05) is 24.2 Å². The molecule has 5 rings (SSSR count). The first-order valence-corrected chi connectivity index (χ1v) is 9.71. The lowest BCUT2D eigenvalue weighted by Crippen LogP contribution is -2.37. The van der Waals surface area contributed by atoms with Gasteiger partial charge in [0.05, 0.1) is 13.2 Å². The highest BCUT2D eigenvalue weighted by molar-refractivity contribution is 5.71. The van der Waals surface area contributed by atoms with E-state index in [1.165, 1.54) is 35.1 Å². The van der Waals surface area contributed by atoms with Gasteiger partial charge in [-0.3, -0.25) is 4.90 Å². The van der Waals surface area contributed by atoms with E-state index in [4.69, 9.17) is 9.47 Å². The molecule has 0 N–H and O–H groups in total. The number of nitrogens with zero attached hydrogens (tertiary/aromatic N) is 1. The Hall–Kier alpha value is -1.94. The zero-order valence-electron chi connectivity index (χ0n) is 15.0. The van der Waals surface area contributed by atoms with Gasteiger partial charge in [0.2, 0.25) is 0 Å². The van der Waals surface area contributed by atoms with E-state index in [-0.39, 0.29) is 6.29 Å². The highest BCUT2D eigenvalue weighted by Gasteiger charge is 2.37. The summed E-state index contributed by atoms with van der Waals surface area (Å²) in [5, 5.41) is 0. The van der Waals surface area contributed by atoms with Crippen LogP contribution >= 0.6 is 0 Å². The average Bonchev–Trinajstić information content (AvgIpc) is 3.29. The van der Waals surface area contributed by atoms with Crippen molar-refractivity contribution < 1.29 is 9.47 Å². The molecule has 2 atom stereocenters. The van der Waals surface area contributed by atoms with E-state index in [0.29, 0.717) is 25.3 Å². The van der Waals surface area contributed by atoms with E-state index in [1.54, 1.807) is 0 Å². The molecule has 3 heteroatoms. The molecule has 2 saturated heterocycles. The van der Waals surface area contributed by atoms with E-state index in [9.17, 15) is 0 Å². The van der Waals surface area contributed by atoms with Crippen LogP contribution in [-0.4, -0.2) is 30.2 Å². The van der Waals surface area contributed by atoms with Gasteiger partial charge in [-0.15, -0.1) is 0 Å². The molecule has 0 aliphatic carbocycles. The van der Waals surface area contributed by atoms with Gasteiger partial charge < -0.3 is 9.47 Å². The van der Waals surface area contributed by atoms with E-state index >= 15 is 0 Å². The molecule has 26 heavy (non-hydrogen) atoms. The second kappa shape index (κ2) is 6.99. The number of benzene rings is 2. The summed E-state index contributed by atoms with van der Waals surface area (Å²) in [6.07, 6.45) is 5.97. The summed E-state index contributed by atoms with van der Waals surface area (Å²) < 4.78 is 11.6. The minimum absolute atomic E-state index is 0.202. The standard InChI is InChI=1S/C23H25NO2/c1-2-6-17(7-3-1)16-24-19-10-11-20(24)15-18(14-19)21-8-4-5-9-22(21)23-25-12-13-26-23/h1-9,14,19-20,23H,10-13,15-16H2. The second-order valence-corrected chi connectivity index (χ2v) is 7.51. The van der Waals surface area contributed by atoms with Gasteiger partial charge in [0.1, 0.15) is 0 Å². The molecule has 3 heterocycles. The maximum Gasteiger partial charge on any atom is 0.184 e. The quantitative estimate of drug-likeness (QED) is 0.810. The van der Waals surface area contributed by atoms with Gasteiger partial charge >= 0.3 is 0 Å². The minimum atomic E-state index is -0.202. The number of ether oxygens (including phenoxy) is 2. The molecule has 2 bridgehead atoms. The number of hydrogen-bond acceptors (Lipinski definition) is 3. The molecule has 2 aromatic rings. The van der Waals surface area contributed by atoms with Crippen molar-refractivity contribution in [2.24, 2.45) is 0 Å². The SMILES string of the molecule is C1=C(c2ccccc2C2OCCO2)CC2CCC1N2Cc1ccccc1. The molecule has 3 aliphatic rings. The molecule has 3 aliphatic heterocycles. The normalized spacial score (nSPS) is 26.2. The second-order valence-electron chi connectivity index (χ2n) is 7.51. The van der Waals surface area contributed by atoms with Crippen molar-refractivity contribution in [2.75, 3.05) is 13.2 Å². The van der Waals surface area contributed by atoms with Crippen LogP contribution in [0.5, 0.6) is 0 Å². The smallest absolute Gasteiger partial charge is 0.184 e. The third-order valence-corrected chi connectivity index (χ3v) is 5.93. The molecule has 2 fully saturated rings. The minimum Gasteiger partial charge on any atom is -0.346 e. The molecule has 134 valence electrons. The first-order valence-electron chi connectivity index (χ1n) is 9.71. The lowest BCUT2D eigenvalue weighted by Gasteiger charge is -2.34. The van der Waals surface area contributed by atoms with Gasteiger partial charge in [-0.1, -0.05) is 60.7 Å². The summed E-state index contributed by atoms with van der Waals surface area (Å²) in [5.41, 5.74) is 5.38. The Balaban J connectivity index is 1.42. The van der Waals surface area contributed by atoms with Crippen molar-refractivity contribution in [1.29, 1.82) is 0 Å². The van der Waals surface area contributed by atoms with Gasteiger partial charge in [-0.05, 0) is 36.0 Å². The molecular formula is C23H25NO2. The lowest BCUT2D eigenvalue weighted by molar-refractivity contribution is -0.0443. The maximum atomic E-state index is 5.78. The van der Waals surface area contributed by atoms with E-state index in [2.05, 4.69) is 65.6 Å². The zero-order chi connectivity index (χ0) is 17.3. The Labute approximate surface area is 155 Å². The maximum absolute atomic E-state index is 5.78. The molecule has 0 saturated carbocycles. The zero-order valence-corrected chi connectivity index (χ0v) is 15.0. The van der Waals surface area contributed by atoms with E-state index in [1.807, 2.05) is 0 Å². The monoisotopic (exact) mass is 347 g/mol. The fraction of sp³-hybridized carbons (Fsp3) is 0.391. The predicted octanol–water partition coefficient (Wildman–Crippen LogP) is 4.55. The molecule has 2 unspecified atom stereocenters. The topological polar surface area (TPSA) is 21.7 Å². The summed E-state index contributed by atoms with van der Waals surface area (Å²) in [6, 6.07) is 20.6. The predicted molar refractivity (Wildman–Crippen MR) is 102 cm³/mol. The van der Waals surface area contributed by atoms with Crippen molar-refractivity contribution in [2.45, 2.75) is 44.2 Å². The number of rotatable bonds is 4. The van der Waals surface area contributed by atoms with Crippen LogP contribution in [-0.2, 0) is 16.0 Å². The van der Waals surface area contributed by atoms with Crippen molar-refractivity contribution in [3.05, 3.63) is 77.4 Å². The van der Waals surface area contributed by atoms with Gasteiger partial charge in [0.15, 0.2) is 6.29 Å². The Kier molecular flexibility index (Phi) is 4.37. The van der Waals surface area contributed by atoms with Crippen molar-refractivity contribution >= 4 is 5.57 Å². The first-order chi connectivity index (χ1) is 12.9. The molecule has 0 amide bonds. The molecule has 0 aromatic heterocycles. The summed E-state index contributed by atoms with van der Waals surface area (Å²) >= 11 is 0. The van der Waals surface area contributed by atoms with Crippen LogP contribution in [0, 0.1) is 0 Å². The Morgan fingerprint density at radius 1 is 0.885 bits per heavy atom. The Bertz CT molecular complexity index is 795. The van der Waals surface area contributed by atoms with Crippen molar-refractivity contribution in [3.8, 4) is 0 Å². The highest BCUT2D eigenvalue weighted by atomic mass is 16.7. The highest BCUT2D eigenvalue weighted by Crippen LogP contribution is 2.41. The van der Waals surface area contributed by atoms with Crippen molar-refractivity contribution in [3.63, 3.8) is 0 Å². The van der Waals surface area contributed by atoms with Gasteiger partial charge in [0.25, 0.3) is 0 Å². The van der Waals surface area contributed by atoms with Crippen LogP contribution in [0.1, 0.15) is 42.2 Å². The lowest BCUT2D eigenvalue weighted by atomic mass is 9.91. The van der Waals surface area contributed by atoms with Crippen LogP contribution in [0.15, 0.2) is 60.7 Å². The van der Waals surface area contributed by atoms with Crippen LogP contribution in [0.4, 0.5) is 0 Å². The van der Waals surface area contributed by atoms with Crippen LogP contribution in [0.3, 0.4) is 0 Å². The molecule has 0 radical (unpaired) electrons. The third-order valence-electron chi connectivity index (χ3n) is 5.93. The van der Waals surface area contributed by atoms with Crippen LogP contribution < -0.4 is 0 Å². The molecule has 0 spiro atoms. The summed E-state index contributed by atoms with van der Waals surface area (Å²) in [7, 11) is 0. The van der Waals surface area contributed by atoms with Gasteiger partial charge in [-0.25, -0.2) is 0 Å². The van der Waals surface area contributed by atoms with E-state index < -0.39 is 0 Å². The summed E-state index contributed by atoms with van der Waals surface area (Å²) in [6.45, 7) is 2.43. The summed E-state index contributed by atoms with van der Waals surface area (Å²) in [5.74, 6) is 0. The molecule has 2 aromatic carbocycles. The molecule has 3 nitrogen and oxygen atoms in total. The third kappa shape index (κ3) is 3.01.